The third kappa shape index (κ3) is 1.88. The van der Waals surface area contributed by atoms with Gasteiger partial charge in [-0.25, -0.2) is 0 Å². The molecule has 15 heavy (non-hydrogen) atoms. The fourth-order valence-corrected chi connectivity index (χ4v) is 1.95. The number of fused-ring (bicyclic) bond motifs is 1. The second kappa shape index (κ2) is 4.03. The molecule has 0 bridgehead atoms. The van der Waals surface area contributed by atoms with Gasteiger partial charge in [0.05, 0.1) is 7.11 Å². The quantitative estimate of drug-likeness (QED) is 0.686. The average molecular weight is 205 g/mol. The van der Waals surface area contributed by atoms with Crippen molar-refractivity contribution in [1.29, 1.82) is 0 Å². The Hall–Kier alpha value is -1.35. The van der Waals surface area contributed by atoms with E-state index in [0.29, 0.717) is 0 Å². The maximum Gasteiger partial charge on any atom is 0.322 e. The molecule has 1 aliphatic heterocycles. The van der Waals surface area contributed by atoms with Crippen molar-refractivity contribution >= 4 is 5.97 Å². The molecule has 80 valence electrons. The second-order valence-corrected chi connectivity index (χ2v) is 3.87. The van der Waals surface area contributed by atoms with Gasteiger partial charge in [-0.1, -0.05) is 24.3 Å². The highest BCUT2D eigenvalue weighted by Crippen LogP contribution is 2.24. The number of hydrogen-bond acceptors (Lipinski definition) is 3. The van der Waals surface area contributed by atoms with Crippen molar-refractivity contribution in [3.63, 3.8) is 0 Å². The monoisotopic (exact) mass is 205 g/mol. The van der Waals surface area contributed by atoms with E-state index in [2.05, 4.69) is 17.0 Å². The van der Waals surface area contributed by atoms with Gasteiger partial charge < -0.3 is 4.74 Å². The van der Waals surface area contributed by atoms with Crippen molar-refractivity contribution in [2.24, 2.45) is 0 Å². The minimum absolute atomic E-state index is 0.164. The Balaban J connectivity index is 2.10. The number of rotatable bonds is 2. The minimum atomic E-state index is -0.164. The molecule has 2 rings (SSSR count). The molecule has 0 fully saturated rings. The molecule has 1 atom stereocenters. The Morgan fingerprint density at radius 2 is 1.87 bits per heavy atom. The summed E-state index contributed by atoms with van der Waals surface area (Å²) in [6.45, 7) is 3.57. The van der Waals surface area contributed by atoms with Crippen molar-refractivity contribution < 1.29 is 9.53 Å². The Labute approximate surface area is 89.7 Å². The topological polar surface area (TPSA) is 29.5 Å². The van der Waals surface area contributed by atoms with Gasteiger partial charge in [0, 0.05) is 13.1 Å². The van der Waals surface area contributed by atoms with Crippen LogP contribution in [0.3, 0.4) is 0 Å². The van der Waals surface area contributed by atoms with Gasteiger partial charge in [-0.2, -0.15) is 0 Å². The Morgan fingerprint density at radius 3 is 2.33 bits per heavy atom. The summed E-state index contributed by atoms with van der Waals surface area (Å²) in [5, 5.41) is 0. The molecule has 3 nitrogen and oxygen atoms in total. The summed E-state index contributed by atoms with van der Waals surface area (Å²) in [4.78, 5) is 13.5. The lowest BCUT2D eigenvalue weighted by molar-refractivity contribution is -0.146. The third-order valence-electron chi connectivity index (χ3n) is 2.96. The molecule has 0 radical (unpaired) electrons. The van der Waals surface area contributed by atoms with Crippen LogP contribution >= 0.6 is 0 Å². The van der Waals surface area contributed by atoms with Crippen LogP contribution in [0.15, 0.2) is 24.3 Å². The van der Waals surface area contributed by atoms with Crippen molar-refractivity contribution in [2.45, 2.75) is 26.1 Å². The number of ether oxygens (including phenoxy) is 1. The number of esters is 1. The van der Waals surface area contributed by atoms with E-state index in [4.69, 9.17) is 4.74 Å². The lowest BCUT2D eigenvalue weighted by Gasteiger charge is -2.20. The summed E-state index contributed by atoms with van der Waals surface area (Å²) in [7, 11) is 1.43. The van der Waals surface area contributed by atoms with Crippen LogP contribution in [-0.4, -0.2) is 24.0 Å². The number of carbonyl (C=O) groups is 1. The zero-order valence-corrected chi connectivity index (χ0v) is 9.06. The molecule has 0 aromatic heterocycles. The SMILES string of the molecule is COC(=O)C(C)N1Cc2ccccc2C1. The predicted molar refractivity (Wildman–Crippen MR) is 57.2 cm³/mol. The summed E-state index contributed by atoms with van der Waals surface area (Å²) in [5.74, 6) is -0.164. The number of carbonyl (C=O) groups excluding carboxylic acids is 1. The zero-order chi connectivity index (χ0) is 10.8. The second-order valence-electron chi connectivity index (χ2n) is 3.87. The molecule has 0 amide bonds. The van der Waals surface area contributed by atoms with Crippen molar-refractivity contribution in [3.05, 3.63) is 35.4 Å². The number of nitrogens with zero attached hydrogens (tertiary/aromatic N) is 1. The molecule has 0 saturated carbocycles. The molecular weight excluding hydrogens is 190 g/mol. The average Bonchev–Trinajstić information content (AvgIpc) is 2.70. The largest absolute Gasteiger partial charge is 0.468 e. The smallest absolute Gasteiger partial charge is 0.322 e. The summed E-state index contributed by atoms with van der Waals surface area (Å²) in [6, 6.07) is 8.12. The minimum Gasteiger partial charge on any atom is -0.468 e. The lowest BCUT2D eigenvalue weighted by atomic mass is 10.1. The Bertz CT molecular complexity index is 351. The molecule has 0 N–H and O–H groups in total. The number of methoxy groups -OCH3 is 1. The fraction of sp³-hybridized carbons (Fsp3) is 0.417. The maximum atomic E-state index is 11.4. The lowest BCUT2D eigenvalue weighted by Crippen LogP contribution is -2.35. The van der Waals surface area contributed by atoms with Crippen LogP contribution < -0.4 is 0 Å². The fourth-order valence-electron chi connectivity index (χ4n) is 1.95. The normalized spacial score (nSPS) is 17.2. The maximum absolute atomic E-state index is 11.4. The van der Waals surface area contributed by atoms with Gasteiger partial charge in [0.15, 0.2) is 0 Å². The van der Waals surface area contributed by atoms with Gasteiger partial charge in [0.25, 0.3) is 0 Å². The van der Waals surface area contributed by atoms with Gasteiger partial charge in [-0.15, -0.1) is 0 Å². The molecule has 0 saturated heterocycles. The summed E-state index contributed by atoms with van der Waals surface area (Å²) < 4.78 is 4.74. The van der Waals surface area contributed by atoms with Crippen LogP contribution in [0, 0.1) is 0 Å². The molecule has 1 unspecified atom stereocenters. The zero-order valence-electron chi connectivity index (χ0n) is 9.06. The summed E-state index contributed by atoms with van der Waals surface area (Å²) in [5.41, 5.74) is 2.63. The van der Waals surface area contributed by atoms with E-state index in [1.807, 2.05) is 19.1 Å². The van der Waals surface area contributed by atoms with E-state index < -0.39 is 0 Å². The highest BCUT2D eigenvalue weighted by Gasteiger charge is 2.27. The Morgan fingerprint density at radius 1 is 1.33 bits per heavy atom. The molecule has 0 spiro atoms. The molecule has 1 heterocycles. The first-order chi connectivity index (χ1) is 7.22. The van der Waals surface area contributed by atoms with Gasteiger partial charge in [0.1, 0.15) is 6.04 Å². The van der Waals surface area contributed by atoms with Crippen LogP contribution in [-0.2, 0) is 22.6 Å². The van der Waals surface area contributed by atoms with Gasteiger partial charge in [-0.3, -0.25) is 9.69 Å². The molecule has 0 aliphatic carbocycles. The molecule has 1 aromatic carbocycles. The van der Waals surface area contributed by atoms with Crippen molar-refractivity contribution in [3.8, 4) is 0 Å². The Kier molecular flexibility index (Phi) is 2.73. The van der Waals surface area contributed by atoms with Crippen molar-refractivity contribution in [2.75, 3.05) is 7.11 Å². The first-order valence-electron chi connectivity index (χ1n) is 5.11. The summed E-state index contributed by atoms with van der Waals surface area (Å²) >= 11 is 0. The van der Waals surface area contributed by atoms with Gasteiger partial charge in [0.2, 0.25) is 0 Å². The number of benzene rings is 1. The predicted octanol–water partition coefficient (Wildman–Crippen LogP) is 1.56. The number of hydrogen-bond donors (Lipinski definition) is 0. The van der Waals surface area contributed by atoms with E-state index in [1.54, 1.807) is 0 Å². The standard InChI is InChI=1S/C12H15NO2/c1-9(12(14)15-2)13-7-10-5-3-4-6-11(10)8-13/h3-6,9H,7-8H2,1-2H3. The van der Waals surface area contributed by atoms with Gasteiger partial charge in [-0.05, 0) is 18.1 Å². The highest BCUT2D eigenvalue weighted by molar-refractivity contribution is 5.75. The van der Waals surface area contributed by atoms with Crippen LogP contribution in [0.25, 0.3) is 0 Å². The van der Waals surface area contributed by atoms with Crippen LogP contribution in [0.2, 0.25) is 0 Å². The van der Waals surface area contributed by atoms with E-state index in [-0.39, 0.29) is 12.0 Å². The third-order valence-corrected chi connectivity index (χ3v) is 2.96. The van der Waals surface area contributed by atoms with E-state index >= 15 is 0 Å². The van der Waals surface area contributed by atoms with Crippen molar-refractivity contribution in [1.82, 2.24) is 4.90 Å². The highest BCUT2D eigenvalue weighted by atomic mass is 16.5. The molecule has 3 heteroatoms. The van der Waals surface area contributed by atoms with Crippen LogP contribution in [0.5, 0.6) is 0 Å². The van der Waals surface area contributed by atoms with E-state index in [1.165, 1.54) is 18.2 Å². The summed E-state index contributed by atoms with van der Waals surface area (Å²) in [6.07, 6.45) is 0. The molecule has 1 aliphatic rings. The first-order valence-corrected chi connectivity index (χ1v) is 5.11. The first kappa shape index (κ1) is 10.2. The van der Waals surface area contributed by atoms with E-state index in [9.17, 15) is 4.79 Å². The van der Waals surface area contributed by atoms with Crippen LogP contribution in [0.4, 0.5) is 0 Å². The van der Waals surface area contributed by atoms with Crippen LogP contribution in [0.1, 0.15) is 18.1 Å². The molecular formula is C12H15NO2. The van der Waals surface area contributed by atoms with E-state index in [0.717, 1.165) is 13.1 Å². The van der Waals surface area contributed by atoms with Gasteiger partial charge >= 0.3 is 5.97 Å². The molecule has 1 aromatic rings.